The van der Waals surface area contributed by atoms with Crippen molar-refractivity contribution in [2.75, 3.05) is 13.1 Å². The van der Waals surface area contributed by atoms with E-state index < -0.39 is 0 Å². The van der Waals surface area contributed by atoms with Gasteiger partial charge in [-0.25, -0.2) is 0 Å². The van der Waals surface area contributed by atoms with Crippen LogP contribution in [0.1, 0.15) is 57.5 Å². The average Bonchev–Trinajstić information content (AvgIpc) is 3.31. The molecule has 4 heterocycles. The quantitative estimate of drug-likeness (QED) is 0.695. The summed E-state index contributed by atoms with van der Waals surface area (Å²) in [5.41, 5.74) is 2.28. The third kappa shape index (κ3) is 2.72. The largest absolute Gasteiger partial charge is 0.337 e. The lowest BCUT2D eigenvalue weighted by molar-refractivity contribution is 0.0709. The monoisotopic (exact) mass is 366 g/mol. The standard InChI is InChI=1S/C20H22N4OS/c25-20(17-12-14-6-1-2-8-16(14)26-17)23-10-5-7-15(13-23)19-22-21-18-9-3-4-11-24(18)19/h3-4,9,11-12,15H,1-2,5-8,10,13H2. The van der Waals surface area contributed by atoms with E-state index in [2.05, 4.69) is 20.7 Å². The van der Waals surface area contributed by atoms with Crippen molar-refractivity contribution in [3.05, 3.63) is 51.6 Å². The number of thiophene rings is 1. The Bertz CT molecular complexity index is 936. The molecule has 134 valence electrons. The summed E-state index contributed by atoms with van der Waals surface area (Å²) in [6.07, 6.45) is 8.87. The van der Waals surface area contributed by atoms with Crippen LogP contribution in [0.4, 0.5) is 0 Å². The van der Waals surface area contributed by atoms with Crippen LogP contribution in [0.5, 0.6) is 0 Å². The first-order valence-corrected chi connectivity index (χ1v) is 10.3. The molecule has 2 aliphatic rings. The Balaban J connectivity index is 1.38. The van der Waals surface area contributed by atoms with E-state index in [0.29, 0.717) is 0 Å². The fourth-order valence-corrected chi connectivity index (χ4v) is 5.48. The van der Waals surface area contributed by atoms with E-state index in [1.807, 2.05) is 29.3 Å². The molecule has 0 bridgehead atoms. The van der Waals surface area contributed by atoms with Gasteiger partial charge in [-0.15, -0.1) is 21.5 Å². The molecule has 26 heavy (non-hydrogen) atoms. The molecule has 1 aliphatic carbocycles. The predicted molar refractivity (Wildman–Crippen MR) is 102 cm³/mol. The van der Waals surface area contributed by atoms with Crippen molar-refractivity contribution in [3.8, 4) is 0 Å². The number of nitrogens with zero attached hydrogens (tertiary/aromatic N) is 4. The Morgan fingerprint density at radius 1 is 1.15 bits per heavy atom. The minimum Gasteiger partial charge on any atom is -0.337 e. The Labute approximate surface area is 156 Å². The van der Waals surface area contributed by atoms with Crippen LogP contribution in [-0.2, 0) is 12.8 Å². The lowest BCUT2D eigenvalue weighted by Crippen LogP contribution is -2.39. The van der Waals surface area contributed by atoms with Gasteiger partial charge in [-0.05, 0) is 62.3 Å². The van der Waals surface area contributed by atoms with Crippen LogP contribution in [0.3, 0.4) is 0 Å². The number of hydrogen-bond donors (Lipinski definition) is 0. The topological polar surface area (TPSA) is 50.5 Å². The summed E-state index contributed by atoms with van der Waals surface area (Å²) in [4.78, 5) is 17.5. The van der Waals surface area contributed by atoms with Gasteiger partial charge in [-0.1, -0.05) is 6.07 Å². The Hall–Kier alpha value is -2.21. The molecule has 3 aromatic heterocycles. The lowest BCUT2D eigenvalue weighted by Gasteiger charge is -2.31. The van der Waals surface area contributed by atoms with Crippen molar-refractivity contribution in [2.45, 2.75) is 44.4 Å². The number of carbonyl (C=O) groups is 1. The zero-order valence-electron chi connectivity index (χ0n) is 14.7. The highest BCUT2D eigenvalue weighted by atomic mass is 32.1. The molecule has 0 aromatic carbocycles. The number of aryl methyl sites for hydroxylation is 2. The summed E-state index contributed by atoms with van der Waals surface area (Å²) in [6.45, 7) is 1.58. The summed E-state index contributed by atoms with van der Waals surface area (Å²) in [5.74, 6) is 1.42. The van der Waals surface area contributed by atoms with Gasteiger partial charge >= 0.3 is 0 Å². The first-order chi connectivity index (χ1) is 12.8. The summed E-state index contributed by atoms with van der Waals surface area (Å²) < 4.78 is 2.06. The molecule has 1 amide bonds. The molecule has 0 N–H and O–H groups in total. The van der Waals surface area contributed by atoms with Gasteiger partial charge in [0.15, 0.2) is 5.65 Å². The maximum absolute atomic E-state index is 13.1. The zero-order valence-corrected chi connectivity index (χ0v) is 15.5. The number of likely N-dealkylation sites (tertiary alicyclic amines) is 1. The molecule has 0 saturated carbocycles. The molecule has 6 heteroatoms. The molecule has 5 rings (SSSR count). The van der Waals surface area contributed by atoms with Crippen molar-refractivity contribution in [3.63, 3.8) is 0 Å². The summed E-state index contributed by atoms with van der Waals surface area (Å²) in [5, 5.41) is 8.69. The van der Waals surface area contributed by atoms with Gasteiger partial charge in [0.1, 0.15) is 5.82 Å². The van der Waals surface area contributed by atoms with E-state index in [9.17, 15) is 4.79 Å². The molecule has 0 spiro atoms. The number of aromatic nitrogens is 3. The molecule has 0 radical (unpaired) electrons. The summed E-state index contributed by atoms with van der Waals surface area (Å²) in [6, 6.07) is 8.10. The highest BCUT2D eigenvalue weighted by molar-refractivity contribution is 7.14. The molecule has 3 aromatic rings. The van der Waals surface area contributed by atoms with Gasteiger partial charge in [0.2, 0.25) is 0 Å². The normalized spacial score (nSPS) is 20.3. The van der Waals surface area contributed by atoms with Crippen LogP contribution in [0, 0.1) is 0 Å². The van der Waals surface area contributed by atoms with Gasteiger partial charge in [0.25, 0.3) is 5.91 Å². The van der Waals surface area contributed by atoms with Crippen LogP contribution in [0.25, 0.3) is 5.65 Å². The molecule has 1 atom stereocenters. The minimum atomic E-state index is 0.197. The van der Waals surface area contributed by atoms with Crippen LogP contribution in [-0.4, -0.2) is 38.5 Å². The lowest BCUT2D eigenvalue weighted by atomic mass is 9.96. The number of amides is 1. The van der Waals surface area contributed by atoms with E-state index in [-0.39, 0.29) is 11.8 Å². The molecule has 1 fully saturated rings. The Morgan fingerprint density at radius 2 is 2.08 bits per heavy atom. The van der Waals surface area contributed by atoms with Crippen LogP contribution in [0.15, 0.2) is 30.5 Å². The van der Waals surface area contributed by atoms with Gasteiger partial charge in [-0.3, -0.25) is 9.20 Å². The fourth-order valence-electron chi connectivity index (χ4n) is 4.26. The van der Waals surface area contributed by atoms with Crippen molar-refractivity contribution in [2.24, 2.45) is 0 Å². The van der Waals surface area contributed by atoms with Crippen molar-refractivity contribution < 1.29 is 4.79 Å². The Morgan fingerprint density at radius 3 is 3.00 bits per heavy atom. The number of hydrogen-bond acceptors (Lipinski definition) is 4. The maximum Gasteiger partial charge on any atom is 0.263 e. The van der Waals surface area contributed by atoms with Crippen molar-refractivity contribution in [1.29, 1.82) is 0 Å². The second kappa shape index (κ2) is 6.50. The molecular formula is C20H22N4OS. The number of rotatable bonds is 2. The summed E-state index contributed by atoms with van der Waals surface area (Å²) >= 11 is 1.71. The zero-order chi connectivity index (χ0) is 17.5. The molecule has 1 saturated heterocycles. The van der Waals surface area contributed by atoms with E-state index in [1.54, 1.807) is 11.3 Å². The first kappa shape index (κ1) is 16.0. The molecule has 1 unspecified atom stereocenters. The van der Waals surface area contributed by atoms with Gasteiger partial charge < -0.3 is 4.90 Å². The minimum absolute atomic E-state index is 0.197. The van der Waals surface area contributed by atoms with Gasteiger partial charge in [-0.2, -0.15) is 0 Å². The van der Waals surface area contributed by atoms with Crippen LogP contribution < -0.4 is 0 Å². The van der Waals surface area contributed by atoms with Gasteiger partial charge in [0, 0.05) is 30.1 Å². The van der Waals surface area contributed by atoms with E-state index in [1.165, 1.54) is 23.3 Å². The average molecular weight is 366 g/mol. The highest BCUT2D eigenvalue weighted by Gasteiger charge is 2.29. The van der Waals surface area contributed by atoms with Crippen molar-refractivity contribution >= 4 is 22.9 Å². The first-order valence-electron chi connectivity index (χ1n) is 9.50. The Kier molecular flexibility index (Phi) is 4.00. The predicted octanol–water partition coefficient (Wildman–Crippen LogP) is 3.69. The third-order valence-electron chi connectivity index (χ3n) is 5.62. The smallest absolute Gasteiger partial charge is 0.263 e. The number of piperidine rings is 1. The van der Waals surface area contributed by atoms with Crippen molar-refractivity contribution in [1.82, 2.24) is 19.5 Å². The molecular weight excluding hydrogens is 344 g/mol. The van der Waals surface area contributed by atoms with E-state index >= 15 is 0 Å². The number of pyridine rings is 1. The third-order valence-corrected chi connectivity index (χ3v) is 6.85. The van der Waals surface area contributed by atoms with E-state index in [4.69, 9.17) is 0 Å². The fraction of sp³-hybridized carbons (Fsp3) is 0.450. The molecule has 1 aliphatic heterocycles. The maximum atomic E-state index is 13.1. The van der Waals surface area contributed by atoms with E-state index in [0.717, 1.165) is 55.1 Å². The van der Waals surface area contributed by atoms with Gasteiger partial charge in [0.05, 0.1) is 4.88 Å². The second-order valence-corrected chi connectivity index (χ2v) is 8.48. The SMILES string of the molecule is O=C(c1cc2c(s1)CCCC2)N1CCCC(c2nnc3ccccn23)C1. The highest BCUT2D eigenvalue weighted by Crippen LogP contribution is 2.32. The van der Waals surface area contributed by atoms with Crippen LogP contribution >= 0.6 is 11.3 Å². The number of carbonyl (C=O) groups excluding carboxylic acids is 1. The number of fused-ring (bicyclic) bond motifs is 2. The molecule has 5 nitrogen and oxygen atoms in total. The van der Waals surface area contributed by atoms with Crippen LogP contribution in [0.2, 0.25) is 0 Å². The summed E-state index contributed by atoms with van der Waals surface area (Å²) in [7, 11) is 0. The second-order valence-electron chi connectivity index (χ2n) is 7.34.